The molecule has 4 nitrogen and oxygen atoms in total. The number of hydrogen-bond acceptors (Lipinski definition) is 3. The quantitative estimate of drug-likeness (QED) is 0.897. The van der Waals surface area contributed by atoms with Crippen molar-refractivity contribution in [3.63, 3.8) is 0 Å². The molecule has 0 bridgehead atoms. The topological polar surface area (TPSA) is 64.3 Å². The Bertz CT molecular complexity index is 611. The summed E-state index contributed by atoms with van der Waals surface area (Å²) < 4.78 is 5.72. The van der Waals surface area contributed by atoms with Gasteiger partial charge in [0.1, 0.15) is 5.54 Å². The molecule has 3 rings (SSSR count). The van der Waals surface area contributed by atoms with Crippen LogP contribution in [0.4, 0.5) is 5.69 Å². The molecule has 0 spiro atoms. The Hall–Kier alpha value is -1.39. The largest absolute Gasteiger partial charge is 0.378 e. The number of carbonyl (C=O) groups is 1. The highest BCUT2D eigenvalue weighted by atomic mass is 16.5. The number of amides is 1. The van der Waals surface area contributed by atoms with Crippen LogP contribution in [0.25, 0.3) is 0 Å². The molecule has 1 saturated carbocycles. The Balaban J connectivity index is 1.78. The van der Waals surface area contributed by atoms with Crippen molar-refractivity contribution in [2.24, 2.45) is 11.1 Å². The van der Waals surface area contributed by atoms with Gasteiger partial charge >= 0.3 is 0 Å². The number of nitrogens with two attached hydrogens (primary N) is 1. The molecule has 1 amide bonds. The van der Waals surface area contributed by atoms with Gasteiger partial charge in [0.05, 0.1) is 6.10 Å². The molecule has 1 aromatic carbocycles. The third-order valence-electron chi connectivity index (χ3n) is 5.88. The Morgan fingerprint density at radius 1 is 1.35 bits per heavy atom. The fourth-order valence-corrected chi connectivity index (χ4v) is 3.95. The summed E-state index contributed by atoms with van der Waals surface area (Å²) in [6, 6.07) is 6.19. The van der Waals surface area contributed by atoms with E-state index in [0.717, 1.165) is 18.5 Å². The van der Waals surface area contributed by atoms with Crippen LogP contribution in [-0.2, 0) is 22.4 Å². The first-order chi connectivity index (χ1) is 10.9. The number of fused-ring (bicyclic) bond motifs is 1. The third-order valence-corrected chi connectivity index (χ3v) is 5.88. The average Bonchev–Trinajstić information content (AvgIpc) is 2.54. The second kappa shape index (κ2) is 5.91. The van der Waals surface area contributed by atoms with E-state index in [4.69, 9.17) is 10.5 Å². The van der Waals surface area contributed by atoms with Crippen LogP contribution < -0.4 is 11.1 Å². The molecule has 0 radical (unpaired) electrons. The predicted octanol–water partition coefficient (Wildman–Crippen LogP) is 3.04. The Morgan fingerprint density at radius 3 is 2.78 bits per heavy atom. The maximum absolute atomic E-state index is 12.9. The number of anilines is 1. The van der Waals surface area contributed by atoms with Crippen molar-refractivity contribution < 1.29 is 9.53 Å². The molecule has 2 aliphatic rings. The fraction of sp³-hybridized carbons (Fsp3) is 0.632. The van der Waals surface area contributed by atoms with E-state index in [9.17, 15) is 4.79 Å². The Labute approximate surface area is 138 Å². The van der Waals surface area contributed by atoms with Gasteiger partial charge in [-0.2, -0.15) is 0 Å². The second-order valence-corrected chi connectivity index (χ2v) is 7.45. The highest BCUT2D eigenvalue weighted by Gasteiger charge is 2.62. The fourth-order valence-electron chi connectivity index (χ4n) is 3.95. The van der Waals surface area contributed by atoms with E-state index in [0.29, 0.717) is 13.0 Å². The van der Waals surface area contributed by atoms with Crippen molar-refractivity contribution in [2.45, 2.75) is 64.5 Å². The van der Waals surface area contributed by atoms with E-state index in [1.54, 1.807) is 0 Å². The normalized spacial score (nSPS) is 28.6. The zero-order chi connectivity index (χ0) is 16.7. The van der Waals surface area contributed by atoms with Crippen LogP contribution in [0, 0.1) is 5.41 Å². The van der Waals surface area contributed by atoms with Crippen LogP contribution in [0.2, 0.25) is 0 Å². The number of benzene rings is 1. The molecule has 2 aliphatic carbocycles. The first-order valence-electron chi connectivity index (χ1n) is 8.73. The first-order valence-corrected chi connectivity index (χ1v) is 8.73. The van der Waals surface area contributed by atoms with Crippen molar-refractivity contribution in [3.05, 3.63) is 29.3 Å². The monoisotopic (exact) mass is 316 g/mol. The maximum Gasteiger partial charge on any atom is 0.245 e. The number of ether oxygens (including phenoxy) is 1. The molecular formula is C19H28N2O2. The molecule has 4 heteroatoms. The number of rotatable bonds is 4. The van der Waals surface area contributed by atoms with E-state index < -0.39 is 5.54 Å². The summed E-state index contributed by atoms with van der Waals surface area (Å²) in [4.78, 5) is 12.9. The third kappa shape index (κ3) is 2.58. The van der Waals surface area contributed by atoms with Crippen molar-refractivity contribution >= 4 is 11.6 Å². The van der Waals surface area contributed by atoms with Crippen molar-refractivity contribution in [1.82, 2.24) is 0 Å². The van der Waals surface area contributed by atoms with Crippen LogP contribution in [0.1, 0.15) is 51.2 Å². The maximum atomic E-state index is 12.9. The molecule has 0 heterocycles. The molecule has 2 atom stereocenters. The van der Waals surface area contributed by atoms with Crippen molar-refractivity contribution in [3.8, 4) is 0 Å². The smallest absolute Gasteiger partial charge is 0.245 e. The molecule has 23 heavy (non-hydrogen) atoms. The van der Waals surface area contributed by atoms with Crippen LogP contribution in [-0.4, -0.2) is 24.2 Å². The van der Waals surface area contributed by atoms with E-state index in [1.165, 1.54) is 24.0 Å². The number of nitrogens with one attached hydrogen (secondary N) is 1. The molecular weight excluding hydrogens is 288 g/mol. The summed E-state index contributed by atoms with van der Waals surface area (Å²) in [5.41, 5.74) is 8.83. The van der Waals surface area contributed by atoms with Gasteiger partial charge in [0.2, 0.25) is 5.91 Å². The summed E-state index contributed by atoms with van der Waals surface area (Å²) in [7, 11) is 0. The Morgan fingerprint density at radius 2 is 2.09 bits per heavy atom. The Kier molecular flexibility index (Phi) is 4.23. The van der Waals surface area contributed by atoms with Crippen LogP contribution >= 0.6 is 0 Å². The van der Waals surface area contributed by atoms with Gasteiger partial charge < -0.3 is 15.8 Å². The minimum absolute atomic E-state index is 0.0490. The molecule has 0 saturated heterocycles. The summed E-state index contributed by atoms with van der Waals surface area (Å²) in [5, 5.41) is 3.11. The first kappa shape index (κ1) is 16.5. The molecule has 1 fully saturated rings. The van der Waals surface area contributed by atoms with Crippen LogP contribution in [0.15, 0.2) is 18.2 Å². The summed E-state index contributed by atoms with van der Waals surface area (Å²) in [6.07, 6.45) is 5.18. The van der Waals surface area contributed by atoms with Crippen molar-refractivity contribution in [2.75, 3.05) is 11.9 Å². The molecule has 3 N–H and O–H groups in total. The van der Waals surface area contributed by atoms with Gasteiger partial charge in [0.25, 0.3) is 0 Å². The summed E-state index contributed by atoms with van der Waals surface area (Å²) in [5.74, 6) is -0.0857. The SMILES string of the molecule is CCOC1CC(N)(C(=O)Nc2cccc3c2CCCC3)C1(C)C. The van der Waals surface area contributed by atoms with E-state index in [2.05, 4.69) is 11.4 Å². The summed E-state index contributed by atoms with van der Waals surface area (Å²) in [6.45, 7) is 6.68. The van der Waals surface area contributed by atoms with E-state index in [-0.39, 0.29) is 17.4 Å². The zero-order valence-electron chi connectivity index (χ0n) is 14.4. The van der Waals surface area contributed by atoms with Gasteiger partial charge in [-0.05, 0) is 49.8 Å². The van der Waals surface area contributed by atoms with Gasteiger partial charge in [0.15, 0.2) is 0 Å². The molecule has 1 aromatic rings. The zero-order valence-corrected chi connectivity index (χ0v) is 14.4. The van der Waals surface area contributed by atoms with Gasteiger partial charge in [-0.1, -0.05) is 26.0 Å². The van der Waals surface area contributed by atoms with Crippen molar-refractivity contribution in [1.29, 1.82) is 0 Å². The lowest BCUT2D eigenvalue weighted by Gasteiger charge is -2.57. The van der Waals surface area contributed by atoms with Crippen LogP contribution in [0.3, 0.4) is 0 Å². The van der Waals surface area contributed by atoms with Crippen LogP contribution in [0.5, 0.6) is 0 Å². The lowest BCUT2D eigenvalue weighted by molar-refractivity contribution is -0.166. The lowest BCUT2D eigenvalue weighted by atomic mass is 9.54. The lowest BCUT2D eigenvalue weighted by Crippen LogP contribution is -2.74. The number of aryl methyl sites for hydroxylation is 1. The summed E-state index contributed by atoms with van der Waals surface area (Å²) >= 11 is 0. The molecule has 2 unspecified atom stereocenters. The molecule has 0 aromatic heterocycles. The molecule has 0 aliphatic heterocycles. The standard InChI is InChI=1S/C19H28N2O2/c1-4-23-16-12-19(20,18(16,2)3)17(22)21-15-11-7-9-13-8-5-6-10-14(13)15/h7,9,11,16H,4-6,8,10,12,20H2,1-3H3,(H,21,22). The second-order valence-electron chi connectivity index (χ2n) is 7.45. The minimum Gasteiger partial charge on any atom is -0.378 e. The number of hydrogen-bond donors (Lipinski definition) is 2. The van der Waals surface area contributed by atoms with E-state index in [1.807, 2.05) is 32.9 Å². The molecule has 126 valence electrons. The van der Waals surface area contributed by atoms with Gasteiger partial charge in [-0.25, -0.2) is 0 Å². The number of carbonyl (C=O) groups excluding carboxylic acids is 1. The van der Waals surface area contributed by atoms with E-state index >= 15 is 0 Å². The minimum atomic E-state index is -0.871. The average molecular weight is 316 g/mol. The van der Waals surface area contributed by atoms with Gasteiger partial charge in [-0.15, -0.1) is 0 Å². The highest BCUT2D eigenvalue weighted by molar-refractivity contribution is 6.00. The van der Waals surface area contributed by atoms with Gasteiger partial charge in [0, 0.05) is 24.1 Å². The highest BCUT2D eigenvalue weighted by Crippen LogP contribution is 2.50. The van der Waals surface area contributed by atoms with Gasteiger partial charge in [-0.3, -0.25) is 4.79 Å². The predicted molar refractivity (Wildman–Crippen MR) is 92.4 cm³/mol.